The zero-order valence-electron chi connectivity index (χ0n) is 12.8. The molecule has 1 heterocycles. The summed E-state index contributed by atoms with van der Waals surface area (Å²) in [6.45, 7) is 8.95. The zero-order valence-corrected chi connectivity index (χ0v) is 14.4. The molecule has 6 heteroatoms. The maximum absolute atomic E-state index is 5.61. The van der Waals surface area contributed by atoms with Crippen LogP contribution in [0.5, 0.6) is 0 Å². The molecular weight excluding hydrogens is 332 g/mol. The summed E-state index contributed by atoms with van der Waals surface area (Å²) in [5.74, 6) is 0.572. The lowest BCUT2D eigenvalue weighted by molar-refractivity contribution is 0.384. The number of anilines is 2. The minimum atomic E-state index is 0.0170. The van der Waals surface area contributed by atoms with E-state index in [4.69, 9.17) is 4.42 Å². The minimum Gasteiger partial charge on any atom is -0.406 e. The summed E-state index contributed by atoms with van der Waals surface area (Å²) in [4.78, 5) is 0. The number of nitrogens with zero attached hydrogens (tertiary/aromatic N) is 2. The van der Waals surface area contributed by atoms with Crippen LogP contribution in [0.2, 0.25) is 0 Å². The van der Waals surface area contributed by atoms with Gasteiger partial charge in [0.1, 0.15) is 0 Å². The molecule has 1 aromatic heterocycles. The van der Waals surface area contributed by atoms with Crippen LogP contribution >= 0.6 is 15.9 Å². The third-order valence-electron chi connectivity index (χ3n) is 2.93. The molecule has 1 aromatic carbocycles. The lowest BCUT2D eigenvalue weighted by Gasteiger charge is -2.18. The molecule has 21 heavy (non-hydrogen) atoms. The number of benzene rings is 1. The van der Waals surface area contributed by atoms with Crippen molar-refractivity contribution in [2.75, 3.05) is 5.32 Å². The fourth-order valence-electron chi connectivity index (χ4n) is 1.81. The first-order valence-corrected chi connectivity index (χ1v) is 7.79. The predicted molar refractivity (Wildman–Crippen MR) is 87.7 cm³/mol. The average Bonchev–Trinajstić information content (AvgIpc) is 2.85. The third-order valence-corrected chi connectivity index (χ3v) is 3.42. The van der Waals surface area contributed by atoms with Gasteiger partial charge in [-0.15, -0.1) is 5.10 Å². The van der Waals surface area contributed by atoms with Gasteiger partial charge in [-0.1, -0.05) is 28.0 Å². The standard InChI is InChI=1S/C15H21BrN4O/c1-5-10-8-11(16)6-7-12(10)18-14-20-19-13(21-14)9-17-15(2,3)4/h6-8,17H,5,9H2,1-4H3,(H,18,20). The molecule has 0 spiro atoms. The minimum absolute atomic E-state index is 0.0170. The Morgan fingerprint density at radius 1 is 1.24 bits per heavy atom. The van der Waals surface area contributed by atoms with Crippen molar-refractivity contribution in [1.82, 2.24) is 15.5 Å². The van der Waals surface area contributed by atoms with Gasteiger partial charge in [0.25, 0.3) is 0 Å². The summed E-state index contributed by atoms with van der Waals surface area (Å²) >= 11 is 3.48. The van der Waals surface area contributed by atoms with Gasteiger partial charge in [-0.05, 0) is 51.0 Å². The molecule has 0 fully saturated rings. The van der Waals surface area contributed by atoms with E-state index in [9.17, 15) is 0 Å². The van der Waals surface area contributed by atoms with Gasteiger partial charge in [-0.2, -0.15) is 0 Å². The Balaban J connectivity index is 2.06. The molecule has 0 saturated carbocycles. The van der Waals surface area contributed by atoms with Gasteiger partial charge in [0.15, 0.2) is 0 Å². The number of aromatic nitrogens is 2. The lowest BCUT2D eigenvalue weighted by Crippen LogP contribution is -2.35. The second kappa shape index (κ2) is 6.58. The monoisotopic (exact) mass is 352 g/mol. The van der Waals surface area contributed by atoms with Crippen LogP contribution in [0.25, 0.3) is 0 Å². The maximum Gasteiger partial charge on any atom is 0.320 e. The summed E-state index contributed by atoms with van der Waals surface area (Å²) in [5.41, 5.74) is 2.19. The van der Waals surface area contributed by atoms with Gasteiger partial charge in [-0.25, -0.2) is 0 Å². The largest absolute Gasteiger partial charge is 0.406 e. The molecule has 114 valence electrons. The second-order valence-electron chi connectivity index (χ2n) is 5.88. The van der Waals surface area contributed by atoms with E-state index in [1.165, 1.54) is 5.56 Å². The van der Waals surface area contributed by atoms with E-state index in [0.29, 0.717) is 18.5 Å². The quantitative estimate of drug-likeness (QED) is 0.850. The van der Waals surface area contributed by atoms with Crippen molar-refractivity contribution in [3.63, 3.8) is 0 Å². The molecule has 0 aliphatic rings. The molecule has 2 aromatic rings. The van der Waals surface area contributed by atoms with Gasteiger partial charge in [0, 0.05) is 15.7 Å². The van der Waals surface area contributed by atoms with Gasteiger partial charge in [-0.3, -0.25) is 0 Å². The predicted octanol–water partition coefficient (Wildman–Crippen LogP) is 4.03. The number of nitrogens with one attached hydrogen (secondary N) is 2. The van der Waals surface area contributed by atoms with Crippen molar-refractivity contribution >= 4 is 27.6 Å². The summed E-state index contributed by atoms with van der Waals surface area (Å²) < 4.78 is 6.67. The van der Waals surface area contributed by atoms with E-state index in [2.05, 4.69) is 70.5 Å². The molecule has 0 saturated heterocycles. The Morgan fingerprint density at radius 3 is 2.67 bits per heavy atom. The fraction of sp³-hybridized carbons (Fsp3) is 0.467. The molecule has 0 aliphatic carbocycles. The molecular formula is C15H21BrN4O. The van der Waals surface area contributed by atoms with Crippen LogP contribution in [0.3, 0.4) is 0 Å². The maximum atomic E-state index is 5.61. The van der Waals surface area contributed by atoms with Gasteiger partial charge >= 0.3 is 6.01 Å². The van der Waals surface area contributed by atoms with Crippen LogP contribution in [-0.4, -0.2) is 15.7 Å². The highest BCUT2D eigenvalue weighted by Crippen LogP contribution is 2.24. The van der Waals surface area contributed by atoms with E-state index in [1.54, 1.807) is 0 Å². The molecule has 0 amide bonds. The Labute approximate surface area is 133 Å². The topological polar surface area (TPSA) is 63.0 Å². The highest BCUT2D eigenvalue weighted by Gasteiger charge is 2.13. The molecule has 2 N–H and O–H groups in total. The molecule has 5 nitrogen and oxygen atoms in total. The van der Waals surface area contributed by atoms with Crippen molar-refractivity contribution in [2.24, 2.45) is 0 Å². The first-order valence-electron chi connectivity index (χ1n) is 7.00. The van der Waals surface area contributed by atoms with E-state index in [-0.39, 0.29) is 5.54 Å². The van der Waals surface area contributed by atoms with E-state index < -0.39 is 0 Å². The molecule has 0 aliphatic heterocycles. The fourth-order valence-corrected chi connectivity index (χ4v) is 2.22. The summed E-state index contributed by atoms with van der Waals surface area (Å²) in [6.07, 6.45) is 0.925. The lowest BCUT2D eigenvalue weighted by atomic mass is 10.1. The Hall–Kier alpha value is -1.40. The van der Waals surface area contributed by atoms with E-state index in [0.717, 1.165) is 16.6 Å². The number of hydrogen-bond acceptors (Lipinski definition) is 5. The van der Waals surface area contributed by atoms with Crippen molar-refractivity contribution < 1.29 is 4.42 Å². The second-order valence-corrected chi connectivity index (χ2v) is 6.80. The highest BCUT2D eigenvalue weighted by molar-refractivity contribution is 9.10. The van der Waals surface area contributed by atoms with E-state index >= 15 is 0 Å². The van der Waals surface area contributed by atoms with Crippen LogP contribution in [0.4, 0.5) is 11.7 Å². The first-order chi connectivity index (χ1) is 9.87. The summed E-state index contributed by atoms with van der Waals surface area (Å²) in [5, 5.41) is 14.6. The molecule has 2 rings (SSSR count). The van der Waals surface area contributed by atoms with Crippen molar-refractivity contribution in [1.29, 1.82) is 0 Å². The summed E-state index contributed by atoms with van der Waals surface area (Å²) in [7, 11) is 0. The van der Waals surface area contributed by atoms with E-state index in [1.807, 2.05) is 12.1 Å². The summed E-state index contributed by atoms with van der Waals surface area (Å²) in [6, 6.07) is 6.48. The molecule has 0 bridgehead atoms. The highest BCUT2D eigenvalue weighted by atomic mass is 79.9. The normalized spacial score (nSPS) is 11.7. The number of hydrogen-bond donors (Lipinski definition) is 2. The molecule has 0 radical (unpaired) electrons. The SMILES string of the molecule is CCc1cc(Br)ccc1Nc1nnc(CNC(C)(C)C)o1. The van der Waals surface area contributed by atoms with Crippen LogP contribution < -0.4 is 10.6 Å². The van der Waals surface area contributed by atoms with Gasteiger partial charge in [0.05, 0.1) is 6.54 Å². The van der Waals surface area contributed by atoms with Crippen molar-refractivity contribution in [3.8, 4) is 0 Å². The molecule has 0 atom stereocenters. The number of aryl methyl sites for hydroxylation is 1. The van der Waals surface area contributed by atoms with Crippen LogP contribution in [0.1, 0.15) is 39.1 Å². The molecule has 0 unspecified atom stereocenters. The Morgan fingerprint density at radius 2 is 2.00 bits per heavy atom. The van der Waals surface area contributed by atoms with Gasteiger partial charge < -0.3 is 15.1 Å². The van der Waals surface area contributed by atoms with Crippen LogP contribution in [0, 0.1) is 0 Å². The van der Waals surface area contributed by atoms with Gasteiger partial charge in [0.2, 0.25) is 5.89 Å². The van der Waals surface area contributed by atoms with Crippen molar-refractivity contribution in [3.05, 3.63) is 34.1 Å². The van der Waals surface area contributed by atoms with Crippen LogP contribution in [0.15, 0.2) is 27.1 Å². The Bertz CT molecular complexity index is 604. The smallest absolute Gasteiger partial charge is 0.320 e. The number of halogens is 1. The zero-order chi connectivity index (χ0) is 15.5. The average molecular weight is 353 g/mol. The van der Waals surface area contributed by atoms with Crippen LogP contribution in [-0.2, 0) is 13.0 Å². The first kappa shape index (κ1) is 16.0. The Kier molecular flexibility index (Phi) is 5.00. The van der Waals surface area contributed by atoms with Crippen molar-refractivity contribution in [2.45, 2.75) is 46.2 Å². The number of rotatable bonds is 5. The third kappa shape index (κ3) is 4.82.